The van der Waals surface area contributed by atoms with E-state index in [4.69, 9.17) is 9.84 Å². The molecule has 0 amide bonds. The maximum atomic E-state index is 10.5. The second kappa shape index (κ2) is 12.1. The van der Waals surface area contributed by atoms with Crippen molar-refractivity contribution in [3.05, 3.63) is 24.0 Å². The van der Waals surface area contributed by atoms with Crippen LogP contribution in [0.15, 0.2) is 24.0 Å². The van der Waals surface area contributed by atoms with Crippen LogP contribution in [0, 0.1) is 11.8 Å². The van der Waals surface area contributed by atoms with Crippen molar-refractivity contribution < 1.29 is 19.7 Å². The van der Waals surface area contributed by atoms with E-state index in [1.54, 1.807) is 0 Å². The molecular formula is C21H36O4. The van der Waals surface area contributed by atoms with Crippen molar-refractivity contribution in [2.24, 2.45) is 11.8 Å². The molecule has 1 rings (SSSR count). The predicted molar refractivity (Wildman–Crippen MR) is 101 cm³/mol. The average Bonchev–Trinajstić information content (AvgIpc) is 2.81. The molecule has 0 bridgehead atoms. The molecule has 1 saturated carbocycles. The molecule has 1 aliphatic carbocycles. The fraction of sp³-hybridized carbons (Fsp3) is 0.762. The highest BCUT2D eigenvalue weighted by Gasteiger charge is 2.39. The minimum absolute atomic E-state index is 0.0282. The number of carbonyl (C=O) groups is 1. The zero-order valence-corrected chi connectivity index (χ0v) is 16.1. The monoisotopic (exact) mass is 352 g/mol. The average molecular weight is 353 g/mol. The fourth-order valence-electron chi connectivity index (χ4n) is 3.45. The molecule has 25 heavy (non-hydrogen) atoms. The third kappa shape index (κ3) is 8.57. The lowest BCUT2D eigenvalue weighted by Gasteiger charge is -2.20. The molecule has 0 aliphatic heterocycles. The quantitative estimate of drug-likeness (QED) is 0.292. The number of rotatable bonds is 12. The van der Waals surface area contributed by atoms with Crippen molar-refractivity contribution in [3.8, 4) is 0 Å². The molecule has 0 radical (unpaired) electrons. The van der Waals surface area contributed by atoms with Crippen LogP contribution in [0.4, 0.5) is 0 Å². The first kappa shape index (κ1) is 21.8. The summed E-state index contributed by atoms with van der Waals surface area (Å²) in [5, 5.41) is 19.0. The van der Waals surface area contributed by atoms with Crippen LogP contribution >= 0.6 is 0 Å². The van der Waals surface area contributed by atoms with Crippen LogP contribution in [0.3, 0.4) is 0 Å². The second-order valence-corrected chi connectivity index (χ2v) is 7.27. The summed E-state index contributed by atoms with van der Waals surface area (Å²) in [6, 6.07) is 0. The molecule has 4 heteroatoms. The van der Waals surface area contributed by atoms with E-state index in [0.29, 0.717) is 19.3 Å². The van der Waals surface area contributed by atoms with Gasteiger partial charge in [-0.15, -0.1) is 0 Å². The number of allylic oxidation sites excluding steroid dienone is 3. The zero-order valence-electron chi connectivity index (χ0n) is 16.1. The first-order valence-electron chi connectivity index (χ1n) is 9.85. The zero-order chi connectivity index (χ0) is 18.7. The van der Waals surface area contributed by atoms with Gasteiger partial charge >= 0.3 is 5.97 Å². The predicted octanol–water partition coefficient (Wildman–Crippen LogP) is 5.07. The Morgan fingerprint density at radius 1 is 1.20 bits per heavy atom. The molecule has 0 aromatic heterocycles. The van der Waals surface area contributed by atoms with Gasteiger partial charge in [0, 0.05) is 24.7 Å². The largest absolute Gasteiger partial charge is 0.495 e. The number of hydrogen-bond donors (Lipinski definition) is 2. The maximum absolute atomic E-state index is 10.5. The number of aliphatic hydroxyl groups excluding tert-OH is 1. The van der Waals surface area contributed by atoms with Crippen LogP contribution in [-0.2, 0) is 9.53 Å². The van der Waals surface area contributed by atoms with E-state index in [0.717, 1.165) is 12.2 Å². The highest BCUT2D eigenvalue weighted by atomic mass is 16.5. The Hall–Kier alpha value is -1.29. The number of unbranched alkanes of at least 4 members (excludes halogenated alkanes) is 5. The maximum Gasteiger partial charge on any atom is 0.303 e. The van der Waals surface area contributed by atoms with Crippen LogP contribution in [0.1, 0.15) is 78.6 Å². The molecule has 0 heterocycles. The number of aliphatic hydroxyl groups is 1. The van der Waals surface area contributed by atoms with Gasteiger partial charge in [0.1, 0.15) is 6.10 Å². The van der Waals surface area contributed by atoms with Gasteiger partial charge in [0.25, 0.3) is 0 Å². The van der Waals surface area contributed by atoms with Crippen LogP contribution in [0.5, 0.6) is 0 Å². The van der Waals surface area contributed by atoms with Gasteiger partial charge in [-0.2, -0.15) is 0 Å². The Kier molecular flexibility index (Phi) is 10.6. The summed E-state index contributed by atoms with van der Waals surface area (Å²) < 4.78 is 6.01. The first-order chi connectivity index (χ1) is 12.0. The van der Waals surface area contributed by atoms with Crippen molar-refractivity contribution in [2.45, 2.75) is 90.8 Å². The van der Waals surface area contributed by atoms with Gasteiger partial charge in [0.2, 0.25) is 0 Å². The highest BCUT2D eigenvalue weighted by molar-refractivity contribution is 5.66. The van der Waals surface area contributed by atoms with Crippen molar-refractivity contribution in [1.82, 2.24) is 0 Å². The lowest BCUT2D eigenvalue weighted by atomic mass is 9.94. The molecule has 4 atom stereocenters. The summed E-state index contributed by atoms with van der Waals surface area (Å²) >= 11 is 0. The normalized spacial score (nSPS) is 27.1. The molecule has 0 unspecified atom stereocenters. The standard InChI is InChI=1S/C21H36O4/c1-4-5-6-7-8-9-13-18-17(3)20(15-19(18)22)25-16(2)12-10-11-14-21(23)24/h9,12-13,17-20,22H,4-8,10-11,14-15H2,1-3H3,(H,23,24)/b13-9+,16-12-/t17-,18-,19-,20+/m1/s1. The van der Waals surface area contributed by atoms with Gasteiger partial charge in [0.05, 0.1) is 11.9 Å². The summed E-state index contributed by atoms with van der Waals surface area (Å²) in [7, 11) is 0. The Bertz CT molecular complexity index is 441. The van der Waals surface area contributed by atoms with Gasteiger partial charge in [-0.05, 0) is 38.7 Å². The molecule has 1 aliphatic rings. The number of carboxylic acids is 1. The lowest BCUT2D eigenvalue weighted by molar-refractivity contribution is -0.137. The van der Waals surface area contributed by atoms with Crippen LogP contribution in [0.2, 0.25) is 0 Å². The first-order valence-corrected chi connectivity index (χ1v) is 9.85. The molecule has 1 fully saturated rings. The number of ether oxygens (including phenoxy) is 1. The molecule has 2 N–H and O–H groups in total. The van der Waals surface area contributed by atoms with Crippen LogP contribution in [0.25, 0.3) is 0 Å². The third-order valence-corrected chi connectivity index (χ3v) is 5.06. The van der Waals surface area contributed by atoms with Crippen molar-refractivity contribution >= 4 is 5.97 Å². The van der Waals surface area contributed by atoms with Crippen molar-refractivity contribution in [3.63, 3.8) is 0 Å². The Morgan fingerprint density at radius 2 is 1.96 bits per heavy atom. The van der Waals surface area contributed by atoms with Gasteiger partial charge < -0.3 is 14.9 Å². The Labute approximate surface area is 153 Å². The summed E-state index contributed by atoms with van der Waals surface area (Å²) in [4.78, 5) is 10.5. The number of aliphatic carboxylic acids is 1. The topological polar surface area (TPSA) is 66.8 Å². The van der Waals surface area contributed by atoms with Crippen LogP contribution < -0.4 is 0 Å². The Balaban J connectivity index is 2.38. The van der Waals surface area contributed by atoms with E-state index in [1.807, 2.05) is 13.0 Å². The van der Waals surface area contributed by atoms with Gasteiger partial charge in [-0.3, -0.25) is 4.79 Å². The summed E-state index contributed by atoms with van der Waals surface area (Å²) in [6.07, 6.45) is 14.4. The molecule has 0 saturated heterocycles. The van der Waals surface area contributed by atoms with E-state index in [2.05, 4.69) is 26.0 Å². The van der Waals surface area contributed by atoms with Crippen molar-refractivity contribution in [2.75, 3.05) is 0 Å². The number of hydrogen-bond acceptors (Lipinski definition) is 3. The van der Waals surface area contributed by atoms with E-state index in [1.165, 1.54) is 25.7 Å². The second-order valence-electron chi connectivity index (χ2n) is 7.27. The van der Waals surface area contributed by atoms with Crippen molar-refractivity contribution in [1.29, 1.82) is 0 Å². The third-order valence-electron chi connectivity index (χ3n) is 5.06. The van der Waals surface area contributed by atoms with Gasteiger partial charge in [-0.1, -0.05) is 45.3 Å². The smallest absolute Gasteiger partial charge is 0.303 e. The summed E-state index contributed by atoms with van der Waals surface area (Å²) in [6.45, 7) is 6.27. The molecule has 0 spiro atoms. The molecule has 144 valence electrons. The molecular weight excluding hydrogens is 316 g/mol. The van der Waals surface area contributed by atoms with Crippen LogP contribution in [-0.4, -0.2) is 28.4 Å². The number of carboxylic acid groups (broad SMARTS) is 1. The van der Waals surface area contributed by atoms with E-state index < -0.39 is 5.97 Å². The molecule has 4 nitrogen and oxygen atoms in total. The van der Waals surface area contributed by atoms with E-state index >= 15 is 0 Å². The van der Waals surface area contributed by atoms with E-state index in [9.17, 15) is 9.90 Å². The summed E-state index contributed by atoms with van der Waals surface area (Å²) in [5.74, 6) is 0.516. The fourth-order valence-corrected chi connectivity index (χ4v) is 3.45. The van der Waals surface area contributed by atoms with Gasteiger partial charge in [-0.25, -0.2) is 0 Å². The molecule has 0 aromatic rings. The highest BCUT2D eigenvalue weighted by Crippen LogP contribution is 2.36. The summed E-state index contributed by atoms with van der Waals surface area (Å²) in [5.41, 5.74) is 0. The minimum atomic E-state index is -0.760. The molecule has 0 aromatic carbocycles. The van der Waals surface area contributed by atoms with Gasteiger partial charge in [0.15, 0.2) is 0 Å². The lowest BCUT2D eigenvalue weighted by Crippen LogP contribution is -2.19. The minimum Gasteiger partial charge on any atom is -0.495 e. The SMILES string of the molecule is CCCCCC/C=C/[C@@H]1[C@@H](C)[C@@H](O/C(C)=C\CCCC(=O)O)C[C@H]1O. The van der Waals surface area contributed by atoms with E-state index in [-0.39, 0.29) is 30.5 Å². The Morgan fingerprint density at radius 3 is 2.64 bits per heavy atom.